The molecule has 2 rings (SSSR count). The molecule has 1 aromatic rings. The van der Waals surface area contributed by atoms with Gasteiger partial charge >= 0.3 is 0 Å². The predicted molar refractivity (Wildman–Crippen MR) is 63.1 cm³/mol. The molecule has 2 heterocycles. The topological polar surface area (TPSA) is 79.9 Å². The molecule has 0 radical (unpaired) electrons. The molecule has 1 aliphatic heterocycles. The van der Waals surface area contributed by atoms with Crippen LogP contribution in [0.15, 0.2) is 4.79 Å². The maximum atomic E-state index is 11.7. The van der Waals surface area contributed by atoms with Crippen LogP contribution in [-0.2, 0) is 21.3 Å². The van der Waals surface area contributed by atoms with Crippen LogP contribution in [0.4, 0.5) is 0 Å². The van der Waals surface area contributed by atoms with Crippen LogP contribution in [0.3, 0.4) is 0 Å². The number of nitrogens with zero attached hydrogens (tertiary/aromatic N) is 1. The number of sulfone groups is 1. The molecule has 0 bridgehead atoms. The molecular weight excluding hydrogens is 248 g/mol. The Morgan fingerprint density at radius 2 is 2.12 bits per heavy atom. The second kappa shape index (κ2) is 3.89. The molecule has 0 spiro atoms. The Morgan fingerprint density at radius 1 is 1.44 bits per heavy atom. The van der Waals surface area contributed by atoms with E-state index < -0.39 is 15.1 Å². The Hall–Kier alpha value is -0.820. The smallest absolute Gasteiger partial charge is 0.255 e. The lowest BCUT2D eigenvalue weighted by Crippen LogP contribution is -2.21. The number of nitrogens with one attached hydrogen (secondary N) is 1. The van der Waals surface area contributed by atoms with Crippen LogP contribution in [0.1, 0.15) is 29.3 Å². The SMILES string of the molecule is CC(c1nc2c(c(=O)[nH]1)CSC2)S(C)(=O)=O. The quantitative estimate of drug-likeness (QED) is 0.843. The van der Waals surface area contributed by atoms with Crippen molar-refractivity contribution in [2.75, 3.05) is 6.26 Å². The Balaban J connectivity index is 2.53. The van der Waals surface area contributed by atoms with Crippen LogP contribution in [0.25, 0.3) is 0 Å². The van der Waals surface area contributed by atoms with Crippen molar-refractivity contribution in [1.82, 2.24) is 9.97 Å². The van der Waals surface area contributed by atoms with Gasteiger partial charge < -0.3 is 4.98 Å². The highest BCUT2D eigenvalue weighted by molar-refractivity contribution is 7.98. The largest absolute Gasteiger partial charge is 0.309 e. The molecule has 0 saturated heterocycles. The first-order valence-electron chi connectivity index (χ1n) is 4.78. The fraction of sp³-hybridized carbons (Fsp3) is 0.556. The lowest BCUT2D eigenvalue weighted by atomic mass is 10.2. The standard InChI is InChI=1S/C9H12N2O3S2/c1-5(16(2,13)14)8-10-7-4-15-3-6(7)9(12)11-8/h5H,3-4H2,1-2H3,(H,10,11,12). The summed E-state index contributed by atoms with van der Waals surface area (Å²) in [5.41, 5.74) is 1.19. The number of rotatable bonds is 2. The van der Waals surface area contributed by atoms with Crippen molar-refractivity contribution in [3.05, 3.63) is 27.4 Å². The van der Waals surface area contributed by atoms with Crippen molar-refractivity contribution in [2.24, 2.45) is 0 Å². The second-order valence-corrected chi connectivity index (χ2v) is 7.19. The summed E-state index contributed by atoms with van der Waals surface area (Å²) in [5, 5.41) is -0.768. The van der Waals surface area contributed by atoms with Crippen LogP contribution in [-0.4, -0.2) is 24.6 Å². The first kappa shape index (κ1) is 11.7. The molecule has 0 fully saturated rings. The summed E-state index contributed by atoms with van der Waals surface area (Å²) < 4.78 is 22.8. The number of aromatic nitrogens is 2. The normalized spacial score (nSPS) is 17.1. The fourth-order valence-corrected chi connectivity index (χ4v) is 3.03. The van der Waals surface area contributed by atoms with Gasteiger partial charge in [0, 0.05) is 23.3 Å². The van der Waals surface area contributed by atoms with Gasteiger partial charge in [0.05, 0.1) is 5.69 Å². The van der Waals surface area contributed by atoms with Crippen LogP contribution < -0.4 is 5.56 Å². The zero-order valence-corrected chi connectivity index (χ0v) is 10.6. The van der Waals surface area contributed by atoms with E-state index in [-0.39, 0.29) is 11.4 Å². The monoisotopic (exact) mass is 260 g/mol. The van der Waals surface area contributed by atoms with Gasteiger partial charge in [-0.25, -0.2) is 13.4 Å². The predicted octanol–water partition coefficient (Wildman–Crippen LogP) is 0.622. The van der Waals surface area contributed by atoms with Crippen molar-refractivity contribution in [3.8, 4) is 0 Å². The molecule has 5 nitrogen and oxygen atoms in total. The lowest BCUT2D eigenvalue weighted by molar-refractivity contribution is 0.588. The van der Waals surface area contributed by atoms with Gasteiger partial charge in [0.15, 0.2) is 9.84 Å². The maximum Gasteiger partial charge on any atom is 0.255 e. The zero-order valence-electron chi connectivity index (χ0n) is 8.98. The van der Waals surface area contributed by atoms with E-state index in [1.54, 1.807) is 11.8 Å². The van der Waals surface area contributed by atoms with Crippen molar-refractivity contribution < 1.29 is 8.42 Å². The molecule has 0 aliphatic carbocycles. The van der Waals surface area contributed by atoms with Gasteiger partial charge in [-0.2, -0.15) is 11.8 Å². The van der Waals surface area contributed by atoms with E-state index in [1.165, 1.54) is 6.92 Å². The van der Waals surface area contributed by atoms with E-state index in [4.69, 9.17) is 0 Å². The van der Waals surface area contributed by atoms with Crippen LogP contribution in [0.5, 0.6) is 0 Å². The molecule has 1 atom stereocenters. The molecule has 16 heavy (non-hydrogen) atoms. The van der Waals surface area contributed by atoms with Gasteiger partial charge in [-0.15, -0.1) is 0 Å². The van der Waals surface area contributed by atoms with Crippen LogP contribution >= 0.6 is 11.8 Å². The van der Waals surface area contributed by atoms with E-state index in [1.807, 2.05) is 0 Å². The van der Waals surface area contributed by atoms with E-state index in [9.17, 15) is 13.2 Å². The van der Waals surface area contributed by atoms with E-state index in [0.29, 0.717) is 17.1 Å². The Kier molecular flexibility index (Phi) is 2.83. The molecule has 1 aromatic heterocycles. The van der Waals surface area contributed by atoms with Gasteiger partial charge in [0.1, 0.15) is 11.1 Å². The molecule has 0 aromatic carbocycles. The Bertz CT molecular complexity index is 577. The second-order valence-electron chi connectivity index (χ2n) is 3.84. The van der Waals surface area contributed by atoms with Crippen molar-refractivity contribution in [3.63, 3.8) is 0 Å². The molecule has 7 heteroatoms. The lowest BCUT2D eigenvalue weighted by Gasteiger charge is -2.09. The summed E-state index contributed by atoms with van der Waals surface area (Å²) in [6, 6.07) is 0. The number of fused-ring (bicyclic) bond motifs is 1. The van der Waals surface area contributed by atoms with E-state index in [2.05, 4.69) is 9.97 Å². The summed E-state index contributed by atoms with van der Waals surface area (Å²) >= 11 is 1.61. The number of hydrogen-bond acceptors (Lipinski definition) is 5. The third kappa shape index (κ3) is 2.01. The van der Waals surface area contributed by atoms with Gasteiger partial charge in [0.25, 0.3) is 5.56 Å². The first-order valence-corrected chi connectivity index (χ1v) is 7.89. The minimum Gasteiger partial charge on any atom is -0.309 e. The molecule has 0 amide bonds. The number of H-pyrrole nitrogens is 1. The van der Waals surface area contributed by atoms with Crippen LogP contribution in [0.2, 0.25) is 0 Å². The third-order valence-electron chi connectivity index (χ3n) is 2.63. The third-order valence-corrected chi connectivity index (χ3v) is 5.11. The minimum atomic E-state index is -3.23. The fourth-order valence-electron chi connectivity index (χ4n) is 1.48. The van der Waals surface area contributed by atoms with Gasteiger partial charge in [-0.1, -0.05) is 0 Å². The summed E-state index contributed by atoms with van der Waals surface area (Å²) in [4.78, 5) is 18.4. The number of thioether (sulfide) groups is 1. The average Bonchev–Trinajstić information content (AvgIpc) is 2.63. The molecule has 88 valence electrons. The molecule has 0 saturated carbocycles. The van der Waals surface area contributed by atoms with Gasteiger partial charge in [0.2, 0.25) is 0 Å². The minimum absolute atomic E-state index is 0.208. The van der Waals surface area contributed by atoms with Crippen molar-refractivity contribution in [2.45, 2.75) is 23.7 Å². The van der Waals surface area contributed by atoms with Crippen molar-refractivity contribution in [1.29, 1.82) is 0 Å². The Morgan fingerprint density at radius 3 is 2.75 bits per heavy atom. The molecule has 1 aliphatic rings. The first-order chi connectivity index (χ1) is 7.39. The molecule has 1 unspecified atom stereocenters. The van der Waals surface area contributed by atoms with E-state index >= 15 is 0 Å². The maximum absolute atomic E-state index is 11.7. The summed E-state index contributed by atoms with van der Waals surface area (Å²) in [5.74, 6) is 1.59. The van der Waals surface area contributed by atoms with E-state index in [0.717, 1.165) is 11.9 Å². The Labute approximate surface area is 97.6 Å². The van der Waals surface area contributed by atoms with Crippen LogP contribution in [0, 0.1) is 0 Å². The highest BCUT2D eigenvalue weighted by Gasteiger charge is 2.24. The van der Waals surface area contributed by atoms with Gasteiger partial charge in [-0.05, 0) is 6.92 Å². The van der Waals surface area contributed by atoms with Gasteiger partial charge in [-0.3, -0.25) is 4.79 Å². The summed E-state index contributed by atoms with van der Waals surface area (Å²) in [6.07, 6.45) is 1.14. The molecule has 1 N–H and O–H groups in total. The summed E-state index contributed by atoms with van der Waals surface area (Å²) in [6.45, 7) is 1.53. The number of aromatic amines is 1. The highest BCUT2D eigenvalue weighted by Crippen LogP contribution is 2.26. The zero-order chi connectivity index (χ0) is 11.9. The summed E-state index contributed by atoms with van der Waals surface area (Å²) in [7, 11) is -3.23. The average molecular weight is 260 g/mol. The number of hydrogen-bond donors (Lipinski definition) is 1. The van der Waals surface area contributed by atoms with Crippen molar-refractivity contribution >= 4 is 21.6 Å². The molecular formula is C9H12N2O3S2. The highest BCUT2D eigenvalue weighted by atomic mass is 32.2.